The Morgan fingerprint density at radius 1 is 1.32 bits per heavy atom. The number of sulfonamides is 1. The third-order valence-electron chi connectivity index (χ3n) is 2.44. The lowest BCUT2D eigenvalue weighted by Gasteiger charge is -2.09. The molecular weight excluding hydrogens is 268 g/mol. The van der Waals surface area contributed by atoms with Crippen LogP contribution in [0.5, 0.6) is 0 Å². The van der Waals surface area contributed by atoms with Gasteiger partial charge in [-0.1, -0.05) is 17.3 Å². The number of para-hydroxylation sites is 1. The largest absolute Gasteiger partial charge is 0.387 e. The van der Waals surface area contributed by atoms with Crippen LogP contribution in [0.15, 0.2) is 33.7 Å². The van der Waals surface area contributed by atoms with Gasteiger partial charge in [0.2, 0.25) is 15.9 Å². The van der Waals surface area contributed by atoms with Crippen LogP contribution >= 0.6 is 0 Å². The molecule has 7 nitrogen and oxygen atoms in total. The van der Waals surface area contributed by atoms with E-state index in [1.54, 1.807) is 32.2 Å². The van der Waals surface area contributed by atoms with E-state index in [2.05, 4.69) is 20.2 Å². The molecule has 2 N–H and O–H groups in total. The summed E-state index contributed by atoms with van der Waals surface area (Å²) in [6.45, 7) is 1.62. The molecule has 19 heavy (non-hydrogen) atoms. The van der Waals surface area contributed by atoms with Crippen LogP contribution in [-0.2, 0) is 16.6 Å². The van der Waals surface area contributed by atoms with Crippen LogP contribution in [0.25, 0.3) is 0 Å². The van der Waals surface area contributed by atoms with Gasteiger partial charge in [-0.15, -0.1) is 0 Å². The van der Waals surface area contributed by atoms with Crippen LogP contribution < -0.4 is 10.0 Å². The van der Waals surface area contributed by atoms with Gasteiger partial charge in [-0.25, -0.2) is 13.1 Å². The smallest absolute Gasteiger partial charge is 0.243 e. The van der Waals surface area contributed by atoms with Gasteiger partial charge >= 0.3 is 0 Å². The Balaban J connectivity index is 2.18. The van der Waals surface area contributed by atoms with Crippen molar-refractivity contribution >= 4 is 15.7 Å². The van der Waals surface area contributed by atoms with Crippen LogP contribution in [0.4, 0.5) is 5.69 Å². The standard InChI is InChI=1S/C11H14N4O3S/c1-8-14-11(15-18-8)7-13-19(16,17)10-6-4-3-5-9(10)12-2/h3-6,12-13H,7H2,1-2H3. The highest BCUT2D eigenvalue weighted by Gasteiger charge is 2.18. The van der Waals surface area contributed by atoms with Gasteiger partial charge in [0, 0.05) is 14.0 Å². The average molecular weight is 282 g/mol. The maximum Gasteiger partial charge on any atom is 0.243 e. The van der Waals surface area contributed by atoms with Crippen LogP contribution in [0.2, 0.25) is 0 Å². The number of nitrogens with one attached hydrogen (secondary N) is 2. The molecule has 102 valence electrons. The van der Waals surface area contributed by atoms with Crippen molar-refractivity contribution in [1.29, 1.82) is 0 Å². The first-order chi connectivity index (χ1) is 9.03. The van der Waals surface area contributed by atoms with Crippen LogP contribution in [0.1, 0.15) is 11.7 Å². The fraction of sp³-hybridized carbons (Fsp3) is 0.273. The van der Waals surface area contributed by atoms with Crippen LogP contribution in [0.3, 0.4) is 0 Å². The number of anilines is 1. The first-order valence-electron chi connectivity index (χ1n) is 5.58. The quantitative estimate of drug-likeness (QED) is 0.845. The van der Waals surface area contributed by atoms with Crippen molar-refractivity contribution < 1.29 is 12.9 Å². The molecule has 8 heteroatoms. The van der Waals surface area contributed by atoms with Gasteiger partial charge in [0.15, 0.2) is 5.82 Å². The molecule has 0 amide bonds. The molecule has 2 aromatic rings. The molecule has 0 saturated heterocycles. The normalized spacial score (nSPS) is 11.5. The van der Waals surface area contributed by atoms with E-state index in [4.69, 9.17) is 4.52 Å². The van der Waals surface area contributed by atoms with E-state index >= 15 is 0 Å². The summed E-state index contributed by atoms with van der Waals surface area (Å²) < 4.78 is 31.5. The second-order valence-electron chi connectivity index (χ2n) is 3.80. The number of nitrogens with zero attached hydrogens (tertiary/aromatic N) is 2. The molecule has 0 spiro atoms. The zero-order chi connectivity index (χ0) is 13.9. The molecular formula is C11H14N4O3S. The molecule has 1 heterocycles. The van der Waals surface area contributed by atoms with Crippen molar-refractivity contribution in [3.8, 4) is 0 Å². The van der Waals surface area contributed by atoms with Gasteiger partial charge in [0.1, 0.15) is 4.90 Å². The van der Waals surface area contributed by atoms with Gasteiger partial charge in [-0.2, -0.15) is 4.98 Å². The molecule has 1 aromatic carbocycles. The molecule has 0 aliphatic carbocycles. The summed E-state index contributed by atoms with van der Waals surface area (Å²) in [6.07, 6.45) is 0. The maximum absolute atomic E-state index is 12.2. The molecule has 2 rings (SSSR count). The Morgan fingerprint density at radius 2 is 2.05 bits per heavy atom. The van der Waals surface area contributed by atoms with E-state index < -0.39 is 10.0 Å². The molecule has 0 saturated carbocycles. The lowest BCUT2D eigenvalue weighted by molar-refractivity contribution is 0.387. The summed E-state index contributed by atoms with van der Waals surface area (Å²) >= 11 is 0. The number of rotatable bonds is 5. The summed E-state index contributed by atoms with van der Waals surface area (Å²) in [6, 6.07) is 6.63. The predicted molar refractivity (Wildman–Crippen MR) is 69.0 cm³/mol. The first kappa shape index (κ1) is 13.5. The predicted octanol–water partition coefficient (Wildman–Crippen LogP) is 0.898. The van der Waals surface area contributed by atoms with E-state index in [9.17, 15) is 8.42 Å². The number of aromatic nitrogens is 2. The zero-order valence-electron chi connectivity index (χ0n) is 10.5. The van der Waals surface area contributed by atoms with Crippen LogP contribution in [0, 0.1) is 6.92 Å². The van der Waals surface area contributed by atoms with E-state index in [-0.39, 0.29) is 11.4 Å². The Bertz CT molecular complexity index is 666. The number of hydrogen-bond acceptors (Lipinski definition) is 6. The Morgan fingerprint density at radius 3 is 2.68 bits per heavy atom. The van der Waals surface area contributed by atoms with Gasteiger partial charge in [-0.3, -0.25) is 0 Å². The molecule has 0 radical (unpaired) electrons. The second-order valence-corrected chi connectivity index (χ2v) is 5.54. The molecule has 0 bridgehead atoms. The summed E-state index contributed by atoms with van der Waals surface area (Å²) in [5.74, 6) is 0.688. The van der Waals surface area contributed by atoms with Gasteiger partial charge in [-0.05, 0) is 12.1 Å². The first-order valence-corrected chi connectivity index (χ1v) is 7.07. The number of aryl methyl sites for hydroxylation is 1. The van der Waals surface area contributed by atoms with E-state index in [0.29, 0.717) is 17.4 Å². The molecule has 0 atom stereocenters. The lowest BCUT2D eigenvalue weighted by Crippen LogP contribution is -2.24. The minimum Gasteiger partial charge on any atom is -0.387 e. The molecule has 1 aromatic heterocycles. The molecule has 0 fully saturated rings. The third kappa shape index (κ3) is 3.09. The van der Waals surface area contributed by atoms with Crippen molar-refractivity contribution in [1.82, 2.24) is 14.9 Å². The zero-order valence-corrected chi connectivity index (χ0v) is 11.4. The van der Waals surface area contributed by atoms with E-state index in [1.807, 2.05) is 0 Å². The summed E-state index contributed by atoms with van der Waals surface area (Å²) in [7, 11) is -1.96. The minimum atomic E-state index is -3.63. The summed E-state index contributed by atoms with van der Waals surface area (Å²) in [5, 5.41) is 6.46. The maximum atomic E-state index is 12.2. The lowest BCUT2D eigenvalue weighted by atomic mass is 10.3. The van der Waals surface area contributed by atoms with Crippen molar-refractivity contribution in [2.75, 3.05) is 12.4 Å². The fourth-order valence-electron chi connectivity index (χ4n) is 1.56. The van der Waals surface area contributed by atoms with Crippen molar-refractivity contribution in [3.05, 3.63) is 36.0 Å². The number of hydrogen-bond donors (Lipinski definition) is 2. The third-order valence-corrected chi connectivity index (χ3v) is 3.90. The molecule has 0 unspecified atom stereocenters. The highest BCUT2D eigenvalue weighted by Crippen LogP contribution is 2.19. The Hall–Kier alpha value is -1.93. The van der Waals surface area contributed by atoms with Crippen molar-refractivity contribution in [2.24, 2.45) is 0 Å². The highest BCUT2D eigenvalue weighted by molar-refractivity contribution is 7.89. The number of benzene rings is 1. The van der Waals surface area contributed by atoms with Gasteiger partial charge in [0.05, 0.1) is 12.2 Å². The van der Waals surface area contributed by atoms with Crippen molar-refractivity contribution in [2.45, 2.75) is 18.4 Å². The molecule has 0 aliphatic rings. The van der Waals surface area contributed by atoms with E-state index in [0.717, 1.165) is 0 Å². The fourth-order valence-corrected chi connectivity index (χ4v) is 2.75. The molecule has 0 aliphatic heterocycles. The second kappa shape index (κ2) is 5.37. The monoisotopic (exact) mass is 282 g/mol. The van der Waals surface area contributed by atoms with Gasteiger partial charge in [0.25, 0.3) is 0 Å². The summed E-state index contributed by atoms with van der Waals surface area (Å²) in [4.78, 5) is 4.11. The Kier molecular flexibility index (Phi) is 3.82. The Labute approximate surface area is 111 Å². The topological polar surface area (TPSA) is 97.1 Å². The summed E-state index contributed by atoms with van der Waals surface area (Å²) in [5.41, 5.74) is 0.527. The van der Waals surface area contributed by atoms with E-state index in [1.165, 1.54) is 6.07 Å². The average Bonchev–Trinajstić information content (AvgIpc) is 2.82. The highest BCUT2D eigenvalue weighted by atomic mass is 32.2. The minimum absolute atomic E-state index is 0.0161. The van der Waals surface area contributed by atoms with Gasteiger partial charge < -0.3 is 9.84 Å². The van der Waals surface area contributed by atoms with Crippen LogP contribution in [-0.4, -0.2) is 25.6 Å². The van der Waals surface area contributed by atoms with Crippen molar-refractivity contribution in [3.63, 3.8) is 0 Å². The SMILES string of the molecule is CNc1ccccc1S(=O)(=O)NCc1noc(C)n1.